The molecule has 1 fully saturated rings. The van der Waals surface area contributed by atoms with Gasteiger partial charge in [0.1, 0.15) is 0 Å². The number of aliphatic carboxylic acids is 2. The van der Waals surface area contributed by atoms with Crippen LogP contribution in [0.4, 0.5) is 0 Å². The zero-order valence-electron chi connectivity index (χ0n) is 15.2. The van der Waals surface area contributed by atoms with Gasteiger partial charge in [-0.3, -0.25) is 9.80 Å². The number of halogens is 2. The Hall–Kier alpha value is -1.93. The lowest BCUT2D eigenvalue weighted by Gasteiger charge is -2.34. The standard InChI is InChI=1S/C18H20BrClN2.C2H2O4/c19-17-6-3-4-15(12-17)13-21-8-10-22(11-9-21)14-16-5-1-2-7-18(16)20;3-1(4)2(5)6/h1-7,12H,8-11,13-14H2;(H,3,4)(H,5,6). The van der Waals surface area contributed by atoms with Gasteiger partial charge in [0.2, 0.25) is 0 Å². The fourth-order valence-electron chi connectivity index (χ4n) is 2.87. The van der Waals surface area contributed by atoms with Crippen LogP contribution in [0.5, 0.6) is 0 Å². The third-order valence-corrected chi connectivity index (χ3v) is 5.16. The van der Waals surface area contributed by atoms with E-state index in [2.05, 4.69) is 62.1 Å². The van der Waals surface area contributed by atoms with Crippen molar-refractivity contribution in [3.63, 3.8) is 0 Å². The molecule has 2 aromatic carbocycles. The Morgan fingerprint density at radius 3 is 2.00 bits per heavy atom. The Morgan fingerprint density at radius 2 is 1.46 bits per heavy atom. The van der Waals surface area contributed by atoms with Crippen molar-refractivity contribution in [2.75, 3.05) is 26.2 Å². The molecule has 0 atom stereocenters. The highest BCUT2D eigenvalue weighted by molar-refractivity contribution is 9.10. The number of hydrogen-bond acceptors (Lipinski definition) is 4. The van der Waals surface area contributed by atoms with Gasteiger partial charge in [-0.2, -0.15) is 0 Å². The SMILES string of the molecule is Clc1ccccc1CN1CCN(Cc2cccc(Br)c2)CC1.O=C(O)C(=O)O. The zero-order chi connectivity index (χ0) is 20.5. The van der Waals surface area contributed by atoms with E-state index < -0.39 is 11.9 Å². The van der Waals surface area contributed by atoms with E-state index >= 15 is 0 Å². The average molecular weight is 470 g/mol. The average Bonchev–Trinajstić information content (AvgIpc) is 2.66. The Balaban J connectivity index is 0.000000409. The molecular formula is C20H22BrClN2O4. The van der Waals surface area contributed by atoms with E-state index in [4.69, 9.17) is 31.4 Å². The van der Waals surface area contributed by atoms with Gasteiger partial charge in [0.15, 0.2) is 0 Å². The summed E-state index contributed by atoms with van der Waals surface area (Å²) in [6, 6.07) is 16.7. The summed E-state index contributed by atoms with van der Waals surface area (Å²) in [5.74, 6) is -3.65. The molecule has 2 aromatic rings. The first-order valence-corrected chi connectivity index (χ1v) is 9.91. The van der Waals surface area contributed by atoms with Gasteiger partial charge in [-0.25, -0.2) is 9.59 Å². The molecule has 0 aromatic heterocycles. The van der Waals surface area contributed by atoms with Crippen LogP contribution in [0.3, 0.4) is 0 Å². The summed E-state index contributed by atoms with van der Waals surface area (Å²) in [5.41, 5.74) is 2.60. The number of carbonyl (C=O) groups is 2. The second kappa shape index (κ2) is 11.2. The van der Waals surface area contributed by atoms with Crippen molar-refractivity contribution in [1.29, 1.82) is 0 Å². The molecule has 0 aliphatic carbocycles. The summed E-state index contributed by atoms with van der Waals surface area (Å²) in [5, 5.41) is 15.7. The summed E-state index contributed by atoms with van der Waals surface area (Å²) in [6.45, 7) is 6.39. The van der Waals surface area contributed by atoms with Crippen LogP contribution in [-0.2, 0) is 22.7 Å². The maximum absolute atomic E-state index is 9.10. The van der Waals surface area contributed by atoms with E-state index in [0.717, 1.165) is 48.8 Å². The van der Waals surface area contributed by atoms with E-state index in [9.17, 15) is 0 Å². The predicted molar refractivity (Wildman–Crippen MR) is 111 cm³/mol. The number of benzene rings is 2. The number of rotatable bonds is 4. The van der Waals surface area contributed by atoms with Gasteiger partial charge in [0, 0.05) is 48.8 Å². The van der Waals surface area contributed by atoms with E-state index in [1.54, 1.807) is 0 Å². The fraction of sp³-hybridized carbons (Fsp3) is 0.300. The molecule has 1 aliphatic rings. The van der Waals surface area contributed by atoms with Crippen LogP contribution in [-0.4, -0.2) is 58.1 Å². The van der Waals surface area contributed by atoms with Crippen LogP contribution in [0.25, 0.3) is 0 Å². The van der Waals surface area contributed by atoms with Crippen LogP contribution in [0.15, 0.2) is 53.0 Å². The molecule has 150 valence electrons. The quantitative estimate of drug-likeness (QED) is 0.666. The van der Waals surface area contributed by atoms with Crippen molar-refractivity contribution < 1.29 is 19.8 Å². The summed E-state index contributed by atoms with van der Waals surface area (Å²) in [4.78, 5) is 23.2. The van der Waals surface area contributed by atoms with Crippen molar-refractivity contribution in [3.8, 4) is 0 Å². The van der Waals surface area contributed by atoms with E-state index in [-0.39, 0.29) is 0 Å². The molecule has 1 aliphatic heterocycles. The Labute approximate surface area is 177 Å². The summed E-state index contributed by atoms with van der Waals surface area (Å²) < 4.78 is 1.15. The molecule has 0 amide bonds. The number of carboxylic acid groups (broad SMARTS) is 2. The predicted octanol–water partition coefficient (Wildman–Crippen LogP) is 3.58. The molecule has 0 spiro atoms. The van der Waals surface area contributed by atoms with Gasteiger partial charge >= 0.3 is 11.9 Å². The smallest absolute Gasteiger partial charge is 0.414 e. The monoisotopic (exact) mass is 468 g/mol. The molecule has 28 heavy (non-hydrogen) atoms. The minimum Gasteiger partial charge on any atom is -0.473 e. The van der Waals surface area contributed by atoms with Gasteiger partial charge < -0.3 is 10.2 Å². The van der Waals surface area contributed by atoms with Crippen LogP contribution < -0.4 is 0 Å². The highest BCUT2D eigenvalue weighted by Crippen LogP contribution is 2.19. The minimum atomic E-state index is -1.82. The minimum absolute atomic E-state index is 0.874. The highest BCUT2D eigenvalue weighted by Gasteiger charge is 2.17. The molecule has 8 heteroatoms. The molecule has 1 heterocycles. The van der Waals surface area contributed by atoms with Gasteiger partial charge in [-0.05, 0) is 29.3 Å². The lowest BCUT2D eigenvalue weighted by molar-refractivity contribution is -0.159. The molecule has 1 saturated heterocycles. The third-order valence-electron chi connectivity index (χ3n) is 4.29. The van der Waals surface area contributed by atoms with Gasteiger partial charge in [0.25, 0.3) is 0 Å². The van der Waals surface area contributed by atoms with Crippen molar-refractivity contribution in [3.05, 3.63) is 69.2 Å². The molecule has 2 N–H and O–H groups in total. The summed E-state index contributed by atoms with van der Waals surface area (Å²) >= 11 is 9.79. The second-order valence-corrected chi connectivity index (χ2v) is 7.71. The number of carboxylic acids is 2. The number of nitrogens with zero attached hydrogens (tertiary/aromatic N) is 2. The molecular weight excluding hydrogens is 448 g/mol. The topological polar surface area (TPSA) is 81.1 Å². The Kier molecular flexibility index (Phi) is 8.92. The molecule has 0 bridgehead atoms. The van der Waals surface area contributed by atoms with E-state index in [0.29, 0.717) is 0 Å². The highest BCUT2D eigenvalue weighted by atomic mass is 79.9. The van der Waals surface area contributed by atoms with Crippen LogP contribution in [0.2, 0.25) is 5.02 Å². The number of hydrogen-bond donors (Lipinski definition) is 2. The molecule has 0 radical (unpaired) electrons. The Bertz CT molecular complexity index is 798. The molecule has 6 nitrogen and oxygen atoms in total. The summed E-state index contributed by atoms with van der Waals surface area (Å²) in [6.07, 6.45) is 0. The lowest BCUT2D eigenvalue weighted by atomic mass is 10.1. The summed E-state index contributed by atoms with van der Waals surface area (Å²) in [7, 11) is 0. The van der Waals surface area contributed by atoms with Crippen molar-refractivity contribution in [2.45, 2.75) is 13.1 Å². The van der Waals surface area contributed by atoms with Crippen molar-refractivity contribution in [1.82, 2.24) is 9.80 Å². The molecule has 0 saturated carbocycles. The Morgan fingerprint density at radius 1 is 0.893 bits per heavy atom. The maximum atomic E-state index is 9.10. The first-order chi connectivity index (χ1) is 13.3. The third kappa shape index (κ3) is 7.59. The van der Waals surface area contributed by atoms with Crippen molar-refractivity contribution in [2.24, 2.45) is 0 Å². The van der Waals surface area contributed by atoms with Crippen molar-refractivity contribution >= 4 is 39.5 Å². The maximum Gasteiger partial charge on any atom is 0.414 e. The van der Waals surface area contributed by atoms with Crippen LogP contribution in [0, 0.1) is 0 Å². The number of piperazine rings is 1. The molecule has 3 rings (SSSR count). The van der Waals surface area contributed by atoms with E-state index in [1.807, 2.05) is 12.1 Å². The second-order valence-electron chi connectivity index (χ2n) is 6.38. The van der Waals surface area contributed by atoms with Crippen LogP contribution in [0.1, 0.15) is 11.1 Å². The normalized spacial score (nSPS) is 14.8. The van der Waals surface area contributed by atoms with Crippen LogP contribution >= 0.6 is 27.5 Å². The van der Waals surface area contributed by atoms with E-state index in [1.165, 1.54) is 11.1 Å². The zero-order valence-corrected chi connectivity index (χ0v) is 17.6. The lowest BCUT2D eigenvalue weighted by Crippen LogP contribution is -2.45. The van der Waals surface area contributed by atoms with Gasteiger partial charge in [-0.1, -0.05) is 57.9 Å². The molecule has 0 unspecified atom stereocenters. The largest absolute Gasteiger partial charge is 0.473 e. The van der Waals surface area contributed by atoms with Gasteiger partial charge in [0.05, 0.1) is 0 Å². The van der Waals surface area contributed by atoms with Gasteiger partial charge in [-0.15, -0.1) is 0 Å². The first kappa shape index (κ1) is 22.4. The first-order valence-electron chi connectivity index (χ1n) is 8.74. The fourth-order valence-corrected chi connectivity index (χ4v) is 3.51.